The van der Waals surface area contributed by atoms with E-state index in [-0.39, 0.29) is 6.42 Å². The number of hydrogen-bond donors (Lipinski definition) is 1. The van der Waals surface area contributed by atoms with Crippen LogP contribution in [0.4, 0.5) is 0 Å². The highest BCUT2D eigenvalue weighted by atomic mass is 35.5. The van der Waals surface area contributed by atoms with Crippen LogP contribution < -0.4 is 0 Å². The minimum absolute atomic E-state index is 0.0145. The lowest BCUT2D eigenvalue weighted by Crippen LogP contribution is -2.00. The number of hydrogen-bond acceptors (Lipinski definition) is 2. The van der Waals surface area contributed by atoms with Gasteiger partial charge >= 0.3 is 5.97 Å². The second kappa shape index (κ2) is 3.55. The van der Waals surface area contributed by atoms with E-state index in [1.807, 2.05) is 0 Å². The average molecular weight is 225 g/mol. The summed E-state index contributed by atoms with van der Waals surface area (Å²) < 4.78 is 1.63. The van der Waals surface area contributed by atoms with Crippen LogP contribution in [0, 0.1) is 0 Å². The van der Waals surface area contributed by atoms with Crippen LogP contribution in [0.25, 0.3) is 10.9 Å². The van der Waals surface area contributed by atoms with Gasteiger partial charge in [0.15, 0.2) is 0 Å². The summed E-state index contributed by atoms with van der Waals surface area (Å²) in [5.74, 6) is -0.859. The van der Waals surface area contributed by atoms with E-state index < -0.39 is 5.97 Å². The molecule has 2 aromatic rings. The van der Waals surface area contributed by atoms with Gasteiger partial charge in [-0.1, -0.05) is 17.7 Å². The molecule has 1 N–H and O–H groups in total. The molecule has 0 fully saturated rings. The third kappa shape index (κ3) is 1.80. The highest BCUT2D eigenvalue weighted by Gasteiger charge is 2.10. The van der Waals surface area contributed by atoms with Crippen molar-refractivity contribution >= 4 is 28.5 Å². The summed E-state index contributed by atoms with van der Waals surface area (Å²) in [6.45, 7) is 0. The van der Waals surface area contributed by atoms with E-state index in [9.17, 15) is 4.79 Å². The van der Waals surface area contributed by atoms with Crippen molar-refractivity contribution in [2.45, 2.75) is 6.42 Å². The number of carboxylic acid groups (broad SMARTS) is 1. The fourth-order valence-corrected chi connectivity index (χ4v) is 1.76. The summed E-state index contributed by atoms with van der Waals surface area (Å²) in [7, 11) is 1.78. The van der Waals surface area contributed by atoms with Crippen molar-refractivity contribution in [3.8, 4) is 0 Å². The molecule has 0 amide bonds. The van der Waals surface area contributed by atoms with E-state index in [4.69, 9.17) is 16.7 Å². The highest BCUT2D eigenvalue weighted by Crippen LogP contribution is 2.25. The number of fused-ring (bicyclic) bond motifs is 1. The fraction of sp³-hybridized carbons (Fsp3) is 0.200. The molecule has 5 heteroatoms. The summed E-state index contributed by atoms with van der Waals surface area (Å²) in [5, 5.41) is 14.3. The zero-order valence-electron chi connectivity index (χ0n) is 8.07. The van der Waals surface area contributed by atoms with E-state index in [0.29, 0.717) is 10.5 Å². The van der Waals surface area contributed by atoms with Crippen LogP contribution >= 0.6 is 11.6 Å². The molecule has 2 rings (SSSR count). The number of aliphatic carboxylic acids is 1. The molecular weight excluding hydrogens is 216 g/mol. The van der Waals surface area contributed by atoms with Crippen LogP contribution in [-0.2, 0) is 18.3 Å². The molecule has 0 saturated carbocycles. The largest absolute Gasteiger partial charge is 0.481 e. The summed E-state index contributed by atoms with van der Waals surface area (Å²) in [4.78, 5) is 10.6. The smallest absolute Gasteiger partial charge is 0.307 e. The van der Waals surface area contributed by atoms with E-state index >= 15 is 0 Å². The van der Waals surface area contributed by atoms with Gasteiger partial charge in [-0.2, -0.15) is 5.10 Å². The quantitative estimate of drug-likeness (QED) is 0.847. The maximum Gasteiger partial charge on any atom is 0.307 e. The third-order valence-corrected chi connectivity index (χ3v) is 2.48. The van der Waals surface area contributed by atoms with Gasteiger partial charge < -0.3 is 5.11 Å². The predicted octanol–water partition coefficient (Wildman–Crippen LogP) is 1.85. The molecular formula is C10H9ClN2O2. The molecule has 0 bridgehead atoms. The van der Waals surface area contributed by atoms with Crippen molar-refractivity contribution in [2.24, 2.45) is 7.05 Å². The number of aromatic nitrogens is 2. The first-order chi connectivity index (χ1) is 7.08. The molecule has 4 nitrogen and oxygen atoms in total. The molecule has 1 heterocycles. The molecule has 1 aromatic carbocycles. The van der Waals surface area contributed by atoms with Crippen molar-refractivity contribution in [1.82, 2.24) is 9.78 Å². The van der Waals surface area contributed by atoms with Gasteiger partial charge in [0.25, 0.3) is 0 Å². The maximum atomic E-state index is 10.6. The Morgan fingerprint density at radius 3 is 3.00 bits per heavy atom. The zero-order valence-corrected chi connectivity index (χ0v) is 8.82. The number of carbonyl (C=O) groups is 1. The SMILES string of the molecule is Cn1cc2c(CC(=O)O)ccc(Cl)c2n1. The second-order valence-electron chi connectivity index (χ2n) is 3.34. The van der Waals surface area contributed by atoms with E-state index in [0.717, 1.165) is 10.9 Å². The Labute approximate surface area is 91.1 Å². The molecule has 0 radical (unpaired) electrons. The van der Waals surface area contributed by atoms with Crippen LogP contribution in [0.1, 0.15) is 5.56 Å². The molecule has 0 unspecified atom stereocenters. The minimum Gasteiger partial charge on any atom is -0.481 e. The lowest BCUT2D eigenvalue weighted by molar-refractivity contribution is -0.136. The molecule has 0 aliphatic carbocycles. The Hall–Kier alpha value is -1.55. The van der Waals surface area contributed by atoms with Gasteiger partial charge in [0.05, 0.1) is 11.4 Å². The van der Waals surface area contributed by atoms with Crippen LogP contribution in [0.5, 0.6) is 0 Å². The first-order valence-corrected chi connectivity index (χ1v) is 4.78. The van der Waals surface area contributed by atoms with Crippen LogP contribution in [0.15, 0.2) is 18.3 Å². The first-order valence-electron chi connectivity index (χ1n) is 4.40. The number of benzene rings is 1. The average Bonchev–Trinajstić information content (AvgIpc) is 2.52. The Balaban J connectivity index is 2.65. The van der Waals surface area contributed by atoms with Crippen molar-refractivity contribution in [1.29, 1.82) is 0 Å². The Bertz CT molecular complexity index is 533. The maximum absolute atomic E-state index is 10.6. The van der Waals surface area contributed by atoms with Crippen molar-refractivity contribution < 1.29 is 9.90 Å². The first kappa shape index (κ1) is 9.98. The third-order valence-electron chi connectivity index (χ3n) is 2.17. The van der Waals surface area contributed by atoms with E-state index in [2.05, 4.69) is 5.10 Å². The number of halogens is 1. The van der Waals surface area contributed by atoms with Crippen LogP contribution in [0.3, 0.4) is 0 Å². The van der Waals surface area contributed by atoms with Crippen LogP contribution in [0.2, 0.25) is 5.02 Å². The van der Waals surface area contributed by atoms with Crippen molar-refractivity contribution in [3.63, 3.8) is 0 Å². The molecule has 1 aromatic heterocycles. The highest BCUT2D eigenvalue weighted by molar-refractivity contribution is 6.35. The summed E-state index contributed by atoms with van der Waals surface area (Å²) in [6, 6.07) is 3.40. The predicted molar refractivity (Wildman–Crippen MR) is 57.1 cm³/mol. The Morgan fingerprint density at radius 1 is 1.60 bits per heavy atom. The molecule has 0 aliphatic heterocycles. The summed E-state index contributed by atoms with van der Waals surface area (Å²) in [6.07, 6.45) is 1.76. The van der Waals surface area contributed by atoms with Crippen molar-refractivity contribution in [3.05, 3.63) is 28.9 Å². The van der Waals surface area contributed by atoms with Crippen molar-refractivity contribution in [2.75, 3.05) is 0 Å². The number of rotatable bonds is 2. The molecule has 0 spiro atoms. The van der Waals surface area contributed by atoms with Gasteiger partial charge in [-0.25, -0.2) is 0 Å². The fourth-order valence-electron chi connectivity index (χ4n) is 1.56. The Kier molecular flexibility index (Phi) is 2.36. The van der Waals surface area contributed by atoms with Gasteiger partial charge in [0, 0.05) is 18.6 Å². The van der Waals surface area contributed by atoms with Gasteiger partial charge in [0.1, 0.15) is 5.52 Å². The van der Waals surface area contributed by atoms with Crippen LogP contribution in [-0.4, -0.2) is 20.9 Å². The molecule has 15 heavy (non-hydrogen) atoms. The molecule has 0 aliphatic rings. The normalized spacial score (nSPS) is 10.8. The lowest BCUT2D eigenvalue weighted by atomic mass is 10.1. The van der Waals surface area contributed by atoms with Gasteiger partial charge in [-0.05, 0) is 11.6 Å². The number of nitrogens with zero attached hydrogens (tertiary/aromatic N) is 2. The van der Waals surface area contributed by atoms with Gasteiger partial charge in [-0.3, -0.25) is 9.48 Å². The topological polar surface area (TPSA) is 55.1 Å². The summed E-state index contributed by atoms with van der Waals surface area (Å²) >= 11 is 5.96. The monoisotopic (exact) mass is 224 g/mol. The summed E-state index contributed by atoms with van der Waals surface area (Å²) in [5.41, 5.74) is 1.38. The van der Waals surface area contributed by atoms with E-state index in [1.165, 1.54) is 0 Å². The number of aryl methyl sites for hydroxylation is 1. The van der Waals surface area contributed by atoms with E-state index in [1.54, 1.807) is 30.1 Å². The standard InChI is InChI=1S/C10H9ClN2O2/c1-13-5-7-6(4-9(14)15)2-3-8(11)10(7)12-13/h2-3,5H,4H2,1H3,(H,14,15). The molecule has 78 valence electrons. The minimum atomic E-state index is -0.859. The molecule has 0 saturated heterocycles. The van der Waals surface area contributed by atoms with Gasteiger partial charge in [0.2, 0.25) is 0 Å². The molecule has 0 atom stereocenters. The second-order valence-corrected chi connectivity index (χ2v) is 3.75. The lowest BCUT2D eigenvalue weighted by Gasteiger charge is -1.99. The zero-order chi connectivity index (χ0) is 11.0. The van der Waals surface area contributed by atoms with Gasteiger partial charge in [-0.15, -0.1) is 0 Å². The Morgan fingerprint density at radius 2 is 2.33 bits per heavy atom. The number of carboxylic acids is 1.